The molecule has 0 aliphatic heterocycles. The molecule has 0 aliphatic carbocycles. The number of hydrogen-bond acceptors (Lipinski definition) is 7. The van der Waals surface area contributed by atoms with Gasteiger partial charge in [-0.25, -0.2) is 4.98 Å². The van der Waals surface area contributed by atoms with Crippen molar-refractivity contribution in [2.75, 3.05) is 27.4 Å². The van der Waals surface area contributed by atoms with Gasteiger partial charge in [0, 0.05) is 20.2 Å². The number of nitrogens with zero attached hydrogens (tertiary/aromatic N) is 3. The van der Waals surface area contributed by atoms with Crippen LogP contribution in [0.5, 0.6) is 11.5 Å². The Labute approximate surface area is 172 Å². The molecular weight excluding hydrogens is 392 g/mol. The Hall–Kier alpha value is -3.66. The lowest BCUT2D eigenvalue weighted by Crippen LogP contribution is -2.25. The SMILES string of the molecule is COCCOc1cc([N+](=O)[O-])c(C(=O)NCc2nc3ccccc3n2C)cc1OC. The van der Waals surface area contributed by atoms with Crippen molar-refractivity contribution in [2.24, 2.45) is 7.05 Å². The number of methoxy groups -OCH3 is 2. The molecule has 3 aromatic rings. The number of ether oxygens (including phenoxy) is 3. The number of rotatable bonds is 9. The fourth-order valence-corrected chi connectivity index (χ4v) is 3.00. The van der Waals surface area contributed by atoms with Gasteiger partial charge in [0.15, 0.2) is 11.5 Å². The Balaban J connectivity index is 1.84. The molecule has 0 radical (unpaired) electrons. The van der Waals surface area contributed by atoms with Crippen LogP contribution in [0.2, 0.25) is 0 Å². The Morgan fingerprint density at radius 3 is 2.63 bits per heavy atom. The van der Waals surface area contributed by atoms with E-state index in [9.17, 15) is 14.9 Å². The molecule has 0 spiro atoms. The summed E-state index contributed by atoms with van der Waals surface area (Å²) in [4.78, 5) is 28.1. The number of nitrogens with one attached hydrogen (secondary N) is 1. The molecule has 30 heavy (non-hydrogen) atoms. The van der Waals surface area contributed by atoms with Crippen LogP contribution in [0.25, 0.3) is 11.0 Å². The third kappa shape index (κ3) is 4.33. The van der Waals surface area contributed by atoms with Crippen molar-refractivity contribution in [1.82, 2.24) is 14.9 Å². The van der Waals surface area contributed by atoms with E-state index in [4.69, 9.17) is 14.2 Å². The zero-order valence-electron chi connectivity index (χ0n) is 16.9. The Morgan fingerprint density at radius 2 is 1.97 bits per heavy atom. The van der Waals surface area contributed by atoms with Gasteiger partial charge in [0.2, 0.25) is 0 Å². The predicted octanol–water partition coefficient (Wildman–Crippen LogP) is 2.45. The maximum absolute atomic E-state index is 12.7. The van der Waals surface area contributed by atoms with E-state index in [1.807, 2.05) is 35.9 Å². The van der Waals surface area contributed by atoms with Crippen molar-refractivity contribution in [1.29, 1.82) is 0 Å². The number of nitro groups is 1. The van der Waals surface area contributed by atoms with Crippen LogP contribution in [0.15, 0.2) is 36.4 Å². The lowest BCUT2D eigenvalue weighted by molar-refractivity contribution is -0.385. The van der Waals surface area contributed by atoms with Crippen molar-refractivity contribution in [2.45, 2.75) is 6.54 Å². The van der Waals surface area contributed by atoms with Crippen LogP contribution in [0.4, 0.5) is 5.69 Å². The van der Waals surface area contributed by atoms with E-state index in [1.54, 1.807) is 0 Å². The monoisotopic (exact) mass is 414 g/mol. The minimum Gasteiger partial charge on any atom is -0.493 e. The highest BCUT2D eigenvalue weighted by Crippen LogP contribution is 2.34. The smallest absolute Gasteiger partial charge is 0.286 e. The fraction of sp³-hybridized carbons (Fsp3) is 0.300. The van der Waals surface area contributed by atoms with E-state index in [0.717, 1.165) is 11.0 Å². The van der Waals surface area contributed by atoms with Crippen molar-refractivity contribution in [3.63, 3.8) is 0 Å². The van der Waals surface area contributed by atoms with E-state index in [1.165, 1.54) is 26.4 Å². The first kappa shape index (κ1) is 21.1. The van der Waals surface area contributed by atoms with Crippen molar-refractivity contribution in [3.05, 3.63) is 57.9 Å². The third-order valence-electron chi connectivity index (χ3n) is 4.56. The second kappa shape index (κ2) is 9.23. The average Bonchev–Trinajstić information content (AvgIpc) is 3.07. The molecule has 2 aromatic carbocycles. The van der Waals surface area contributed by atoms with Crippen LogP contribution in [0, 0.1) is 10.1 Å². The van der Waals surface area contributed by atoms with Gasteiger partial charge in [0.25, 0.3) is 11.6 Å². The largest absolute Gasteiger partial charge is 0.493 e. The summed E-state index contributed by atoms with van der Waals surface area (Å²) in [6.07, 6.45) is 0. The molecular formula is C20H22N4O6. The first-order valence-corrected chi connectivity index (χ1v) is 9.13. The summed E-state index contributed by atoms with van der Waals surface area (Å²) in [5.41, 5.74) is 1.21. The second-order valence-corrected chi connectivity index (χ2v) is 6.38. The summed E-state index contributed by atoms with van der Waals surface area (Å²) in [5.74, 6) is 0.381. The first-order valence-electron chi connectivity index (χ1n) is 9.13. The van der Waals surface area contributed by atoms with Gasteiger partial charge in [0.1, 0.15) is 18.0 Å². The van der Waals surface area contributed by atoms with Gasteiger partial charge >= 0.3 is 0 Å². The van der Waals surface area contributed by atoms with Crippen molar-refractivity contribution in [3.8, 4) is 11.5 Å². The van der Waals surface area contributed by atoms with Gasteiger partial charge < -0.3 is 24.1 Å². The van der Waals surface area contributed by atoms with Gasteiger partial charge in [-0.15, -0.1) is 0 Å². The molecule has 1 amide bonds. The van der Waals surface area contributed by atoms with Crippen LogP contribution in [0.1, 0.15) is 16.2 Å². The van der Waals surface area contributed by atoms with Crippen LogP contribution in [-0.2, 0) is 18.3 Å². The van der Waals surface area contributed by atoms with E-state index in [2.05, 4.69) is 10.3 Å². The molecule has 0 unspecified atom stereocenters. The number of para-hydroxylation sites is 2. The zero-order chi connectivity index (χ0) is 21.7. The fourth-order valence-electron chi connectivity index (χ4n) is 3.00. The maximum atomic E-state index is 12.7. The molecule has 3 rings (SSSR count). The summed E-state index contributed by atoms with van der Waals surface area (Å²) < 4.78 is 17.5. The van der Waals surface area contributed by atoms with E-state index >= 15 is 0 Å². The quantitative estimate of drug-likeness (QED) is 0.325. The van der Waals surface area contributed by atoms with Crippen LogP contribution in [0.3, 0.4) is 0 Å². The second-order valence-electron chi connectivity index (χ2n) is 6.38. The van der Waals surface area contributed by atoms with Crippen molar-refractivity contribution < 1.29 is 23.9 Å². The third-order valence-corrected chi connectivity index (χ3v) is 4.56. The Morgan fingerprint density at radius 1 is 1.20 bits per heavy atom. The van der Waals surface area contributed by atoms with E-state index < -0.39 is 10.8 Å². The summed E-state index contributed by atoms with van der Waals surface area (Å²) in [5, 5.41) is 14.2. The number of carbonyl (C=O) groups is 1. The minimum atomic E-state index is -0.632. The topological polar surface area (TPSA) is 118 Å². The lowest BCUT2D eigenvalue weighted by atomic mass is 10.1. The van der Waals surface area contributed by atoms with Crippen LogP contribution in [-0.4, -0.2) is 47.8 Å². The van der Waals surface area contributed by atoms with E-state index in [-0.39, 0.29) is 35.9 Å². The Kier molecular flexibility index (Phi) is 6.48. The summed E-state index contributed by atoms with van der Waals surface area (Å²) in [6.45, 7) is 0.592. The average molecular weight is 414 g/mol. The first-order chi connectivity index (χ1) is 14.5. The number of aryl methyl sites for hydroxylation is 1. The number of benzene rings is 2. The molecule has 0 saturated carbocycles. The minimum absolute atomic E-state index is 0.107. The number of hydrogen-bond donors (Lipinski definition) is 1. The summed E-state index contributed by atoms with van der Waals surface area (Å²) in [7, 11) is 4.75. The molecule has 158 valence electrons. The molecule has 1 aromatic heterocycles. The Bertz CT molecular complexity index is 1080. The van der Waals surface area contributed by atoms with Crippen LogP contribution < -0.4 is 14.8 Å². The van der Waals surface area contributed by atoms with Gasteiger partial charge in [-0.05, 0) is 12.1 Å². The lowest BCUT2D eigenvalue weighted by Gasteiger charge is -2.13. The van der Waals surface area contributed by atoms with Gasteiger partial charge in [-0.2, -0.15) is 0 Å². The molecule has 0 saturated heterocycles. The van der Waals surface area contributed by atoms with Crippen molar-refractivity contribution >= 4 is 22.6 Å². The molecule has 0 bridgehead atoms. The maximum Gasteiger partial charge on any atom is 0.286 e. The number of imidazole rings is 1. The highest BCUT2D eigenvalue weighted by Gasteiger charge is 2.25. The zero-order valence-corrected chi connectivity index (χ0v) is 16.9. The normalized spacial score (nSPS) is 10.8. The standard InChI is InChI=1S/C20H22N4O6/c1-23-15-7-5-4-6-14(15)22-19(23)12-21-20(25)13-10-17(29-3)18(30-9-8-28-2)11-16(13)24(26)27/h4-7,10-11H,8-9,12H2,1-3H3,(H,21,25). The van der Waals surface area contributed by atoms with E-state index in [0.29, 0.717) is 12.4 Å². The number of aromatic nitrogens is 2. The number of carbonyl (C=O) groups excluding carboxylic acids is 1. The summed E-state index contributed by atoms with van der Waals surface area (Å²) >= 11 is 0. The molecule has 10 heteroatoms. The molecule has 0 fully saturated rings. The molecule has 1 heterocycles. The number of fused-ring (bicyclic) bond motifs is 1. The highest BCUT2D eigenvalue weighted by atomic mass is 16.6. The highest BCUT2D eigenvalue weighted by molar-refractivity contribution is 5.99. The van der Waals surface area contributed by atoms with Gasteiger partial charge in [0.05, 0.1) is 42.3 Å². The van der Waals surface area contributed by atoms with Gasteiger partial charge in [-0.1, -0.05) is 12.1 Å². The predicted molar refractivity (Wildman–Crippen MR) is 109 cm³/mol. The summed E-state index contributed by atoms with van der Waals surface area (Å²) in [6, 6.07) is 10.1. The molecule has 0 aliphatic rings. The number of nitro benzene ring substituents is 1. The molecule has 10 nitrogen and oxygen atoms in total. The van der Waals surface area contributed by atoms with Gasteiger partial charge in [-0.3, -0.25) is 14.9 Å². The molecule has 0 atom stereocenters. The number of amides is 1. The van der Waals surface area contributed by atoms with Crippen LogP contribution >= 0.6 is 0 Å². The molecule has 1 N–H and O–H groups in total.